The first-order valence-corrected chi connectivity index (χ1v) is 14.3. The number of nitrogens with one attached hydrogen (secondary N) is 1. The summed E-state index contributed by atoms with van der Waals surface area (Å²) in [5.74, 6) is -0.243. The molecule has 0 saturated carbocycles. The highest BCUT2D eigenvalue weighted by Gasteiger charge is 2.31. The van der Waals surface area contributed by atoms with Crippen molar-refractivity contribution in [2.24, 2.45) is 5.92 Å². The van der Waals surface area contributed by atoms with Gasteiger partial charge < -0.3 is 10.1 Å². The number of hydrogen-bond acceptors (Lipinski definition) is 5. The lowest BCUT2D eigenvalue weighted by atomic mass is 9.98. The fourth-order valence-corrected chi connectivity index (χ4v) is 6.34. The average Bonchev–Trinajstić information content (AvgIpc) is 2.89. The maximum absolute atomic E-state index is 12.9. The van der Waals surface area contributed by atoms with Crippen LogP contribution in [-0.4, -0.2) is 68.7 Å². The molecule has 2 fully saturated rings. The normalized spacial score (nSPS) is 19.9. The van der Waals surface area contributed by atoms with Crippen LogP contribution >= 0.6 is 0 Å². The second-order valence-electron chi connectivity index (χ2n) is 9.53. The second-order valence-corrected chi connectivity index (χ2v) is 11.6. The molecular formula is C27H37N3O4S. The first-order valence-electron chi connectivity index (χ1n) is 12.7. The quantitative estimate of drug-likeness (QED) is 0.544. The standard InChI is InChI=1S/C27H37N3O4S/c31-27(28-20-24-10-12-25(13-11-24)21-29-15-17-34-18-16-29)26-9-4-14-30(22-26)35(32,33)19-5-8-23-6-2-1-3-7-23/h1-3,6-7,10-13,26H,4-5,8-9,14-22H2,(H,28,31)/t26-/m1/s1. The monoisotopic (exact) mass is 499 g/mol. The predicted octanol–water partition coefficient (Wildman–Crippen LogP) is 2.81. The number of sulfonamides is 1. The van der Waals surface area contributed by atoms with Gasteiger partial charge in [0.05, 0.1) is 24.9 Å². The molecule has 8 heteroatoms. The van der Waals surface area contributed by atoms with Crippen molar-refractivity contribution >= 4 is 15.9 Å². The zero-order valence-electron chi connectivity index (χ0n) is 20.4. The number of benzene rings is 2. The van der Waals surface area contributed by atoms with Crippen LogP contribution in [-0.2, 0) is 39.1 Å². The van der Waals surface area contributed by atoms with Gasteiger partial charge in [-0.1, -0.05) is 54.6 Å². The van der Waals surface area contributed by atoms with Gasteiger partial charge in [0.15, 0.2) is 0 Å². The molecule has 1 amide bonds. The minimum Gasteiger partial charge on any atom is -0.379 e. The van der Waals surface area contributed by atoms with Gasteiger partial charge in [-0.3, -0.25) is 9.69 Å². The third-order valence-electron chi connectivity index (χ3n) is 6.86. The van der Waals surface area contributed by atoms with Crippen molar-refractivity contribution in [1.82, 2.24) is 14.5 Å². The molecule has 2 aromatic carbocycles. The van der Waals surface area contributed by atoms with Gasteiger partial charge in [-0.25, -0.2) is 12.7 Å². The molecule has 1 N–H and O–H groups in total. The van der Waals surface area contributed by atoms with E-state index in [4.69, 9.17) is 4.74 Å². The molecule has 7 nitrogen and oxygen atoms in total. The molecule has 190 valence electrons. The lowest BCUT2D eigenvalue weighted by Gasteiger charge is -2.31. The molecule has 2 saturated heterocycles. The third kappa shape index (κ3) is 7.87. The van der Waals surface area contributed by atoms with Crippen LogP contribution in [0.2, 0.25) is 0 Å². The molecule has 2 heterocycles. The van der Waals surface area contributed by atoms with Crippen molar-refractivity contribution in [1.29, 1.82) is 0 Å². The number of hydrogen-bond donors (Lipinski definition) is 1. The molecule has 4 rings (SSSR count). The summed E-state index contributed by atoms with van der Waals surface area (Å²) in [7, 11) is -3.36. The maximum Gasteiger partial charge on any atom is 0.224 e. The molecule has 0 spiro atoms. The van der Waals surface area contributed by atoms with Crippen molar-refractivity contribution < 1.29 is 17.9 Å². The number of amides is 1. The number of carbonyl (C=O) groups excluding carboxylic acids is 1. The van der Waals surface area contributed by atoms with Crippen LogP contribution in [0.3, 0.4) is 0 Å². The van der Waals surface area contributed by atoms with Crippen LogP contribution in [0.4, 0.5) is 0 Å². The Morgan fingerprint density at radius 1 is 0.943 bits per heavy atom. The SMILES string of the molecule is O=C(NCc1ccc(CN2CCOCC2)cc1)[C@@H]1CCCN(S(=O)(=O)CCCc2ccccc2)C1. The van der Waals surface area contributed by atoms with Crippen molar-refractivity contribution in [2.45, 2.75) is 38.8 Å². The number of piperidine rings is 1. The van der Waals surface area contributed by atoms with Gasteiger partial charge >= 0.3 is 0 Å². The number of morpholine rings is 1. The molecule has 2 aliphatic rings. The molecule has 1 atom stereocenters. The number of carbonyl (C=O) groups is 1. The van der Waals surface area contributed by atoms with E-state index in [2.05, 4.69) is 34.5 Å². The highest BCUT2D eigenvalue weighted by atomic mass is 32.2. The molecule has 2 aromatic rings. The third-order valence-corrected chi connectivity index (χ3v) is 8.78. The molecule has 2 aliphatic heterocycles. The van der Waals surface area contributed by atoms with Gasteiger partial charge in [0, 0.05) is 39.3 Å². The van der Waals surface area contributed by atoms with Crippen LogP contribution in [0.25, 0.3) is 0 Å². The Morgan fingerprint density at radius 3 is 2.40 bits per heavy atom. The summed E-state index contributed by atoms with van der Waals surface area (Å²) >= 11 is 0. The van der Waals surface area contributed by atoms with Crippen LogP contribution in [0.5, 0.6) is 0 Å². The first-order chi connectivity index (χ1) is 17.0. The number of ether oxygens (including phenoxy) is 1. The molecular weight excluding hydrogens is 462 g/mol. The average molecular weight is 500 g/mol. The van der Waals surface area contributed by atoms with Crippen molar-refractivity contribution in [3.63, 3.8) is 0 Å². The van der Waals surface area contributed by atoms with Gasteiger partial charge in [0.2, 0.25) is 15.9 Å². The lowest BCUT2D eigenvalue weighted by molar-refractivity contribution is -0.126. The summed E-state index contributed by atoms with van der Waals surface area (Å²) in [5.41, 5.74) is 3.44. The van der Waals surface area contributed by atoms with E-state index in [1.54, 1.807) is 0 Å². The van der Waals surface area contributed by atoms with E-state index in [1.165, 1.54) is 9.87 Å². The van der Waals surface area contributed by atoms with E-state index in [0.29, 0.717) is 25.9 Å². The summed E-state index contributed by atoms with van der Waals surface area (Å²) in [4.78, 5) is 15.2. The Balaban J connectivity index is 1.22. The summed E-state index contributed by atoms with van der Waals surface area (Å²) in [6.07, 6.45) is 2.76. The zero-order chi connectivity index (χ0) is 24.5. The predicted molar refractivity (Wildman–Crippen MR) is 137 cm³/mol. The Bertz CT molecular complexity index is 1040. The molecule has 35 heavy (non-hydrogen) atoms. The summed E-state index contributed by atoms with van der Waals surface area (Å²) in [5, 5.41) is 3.02. The van der Waals surface area contributed by atoms with E-state index in [-0.39, 0.29) is 24.1 Å². The van der Waals surface area contributed by atoms with Gasteiger partial charge in [0.25, 0.3) is 0 Å². The minimum atomic E-state index is -3.36. The zero-order valence-corrected chi connectivity index (χ0v) is 21.2. The summed E-state index contributed by atoms with van der Waals surface area (Å²) < 4.78 is 32.7. The van der Waals surface area contributed by atoms with Gasteiger partial charge in [-0.05, 0) is 42.4 Å². The molecule has 0 aromatic heterocycles. The highest BCUT2D eigenvalue weighted by Crippen LogP contribution is 2.21. The molecule has 0 unspecified atom stereocenters. The van der Waals surface area contributed by atoms with Crippen molar-refractivity contribution in [2.75, 3.05) is 45.1 Å². The van der Waals surface area contributed by atoms with E-state index in [9.17, 15) is 13.2 Å². The van der Waals surface area contributed by atoms with Crippen LogP contribution < -0.4 is 5.32 Å². The topological polar surface area (TPSA) is 79.0 Å². The fraction of sp³-hybridized carbons (Fsp3) is 0.519. The molecule has 0 bridgehead atoms. The van der Waals surface area contributed by atoms with Crippen molar-refractivity contribution in [3.8, 4) is 0 Å². The van der Waals surface area contributed by atoms with Gasteiger partial charge in [-0.15, -0.1) is 0 Å². The van der Waals surface area contributed by atoms with E-state index in [1.807, 2.05) is 30.3 Å². The van der Waals surface area contributed by atoms with Gasteiger partial charge in [-0.2, -0.15) is 0 Å². The van der Waals surface area contributed by atoms with Gasteiger partial charge in [0.1, 0.15) is 0 Å². The van der Waals surface area contributed by atoms with Crippen LogP contribution in [0.1, 0.15) is 36.0 Å². The number of aryl methyl sites for hydroxylation is 1. The largest absolute Gasteiger partial charge is 0.379 e. The number of rotatable bonds is 10. The Labute approximate surface area is 209 Å². The van der Waals surface area contributed by atoms with E-state index in [0.717, 1.165) is 56.8 Å². The molecule has 0 aliphatic carbocycles. The highest BCUT2D eigenvalue weighted by molar-refractivity contribution is 7.89. The minimum absolute atomic E-state index is 0.0634. The summed E-state index contributed by atoms with van der Waals surface area (Å²) in [6, 6.07) is 18.3. The van der Waals surface area contributed by atoms with Crippen LogP contribution in [0.15, 0.2) is 54.6 Å². The Kier molecular flexibility index (Phi) is 9.31. The number of nitrogens with zero attached hydrogens (tertiary/aromatic N) is 2. The maximum atomic E-state index is 12.9. The van der Waals surface area contributed by atoms with Crippen LogP contribution in [0, 0.1) is 5.92 Å². The summed E-state index contributed by atoms with van der Waals surface area (Å²) in [6.45, 7) is 5.64. The van der Waals surface area contributed by atoms with E-state index < -0.39 is 10.0 Å². The Hall–Kier alpha value is -2.26. The Morgan fingerprint density at radius 2 is 1.66 bits per heavy atom. The van der Waals surface area contributed by atoms with Crippen molar-refractivity contribution in [3.05, 3.63) is 71.3 Å². The second kappa shape index (κ2) is 12.6. The smallest absolute Gasteiger partial charge is 0.224 e. The molecule has 0 radical (unpaired) electrons. The lowest BCUT2D eigenvalue weighted by Crippen LogP contribution is -2.46. The first kappa shape index (κ1) is 25.8. The van der Waals surface area contributed by atoms with E-state index >= 15 is 0 Å². The fourth-order valence-electron chi connectivity index (χ4n) is 4.76.